The van der Waals surface area contributed by atoms with E-state index in [0.717, 1.165) is 18.2 Å². The lowest BCUT2D eigenvalue weighted by Crippen LogP contribution is -2.11. The molecule has 0 amide bonds. The van der Waals surface area contributed by atoms with E-state index >= 15 is 0 Å². The highest BCUT2D eigenvalue weighted by molar-refractivity contribution is 6.51. The Hall–Kier alpha value is -5.77. The predicted octanol–water partition coefficient (Wildman–Crippen LogP) is 4.47. The van der Waals surface area contributed by atoms with E-state index in [1.807, 2.05) is 0 Å². The van der Waals surface area contributed by atoms with Gasteiger partial charge in [-0.1, -0.05) is 0 Å². The van der Waals surface area contributed by atoms with Crippen molar-refractivity contribution in [2.75, 3.05) is 0 Å². The van der Waals surface area contributed by atoms with Gasteiger partial charge in [0.1, 0.15) is 34.5 Å². The minimum atomic E-state index is -1.44. The van der Waals surface area contributed by atoms with E-state index in [1.54, 1.807) is 6.92 Å². The standard InChI is InChI=1S/C30H14O10/c1-6-2-8(31)18-22-14(6)15-7(30(39)40)3-9(32)19-23(15)27-25-17(11(34)5-13(36)21(25)29(19)38)16-10(33)4-12(35)20(28(18)37)24(16)26(22)27/h2-5,31-36H,1H3,(H,39,40). The number of fused-ring (bicyclic) bond motifs is 2. The molecule has 0 aliphatic rings. The summed E-state index contributed by atoms with van der Waals surface area (Å²) >= 11 is 0. The van der Waals surface area contributed by atoms with Gasteiger partial charge in [0.15, 0.2) is 0 Å². The summed E-state index contributed by atoms with van der Waals surface area (Å²) in [5.74, 6) is -4.87. The first-order valence-electron chi connectivity index (χ1n) is 12.0. The number of hydrogen-bond donors (Lipinski definition) is 7. The molecular formula is C30H14O10. The lowest BCUT2D eigenvalue weighted by Gasteiger charge is -2.25. The number of aromatic hydroxyl groups is 6. The topological polar surface area (TPSA) is 193 Å². The molecule has 10 nitrogen and oxygen atoms in total. The number of rotatable bonds is 1. The van der Waals surface area contributed by atoms with E-state index in [0.29, 0.717) is 5.56 Å². The number of aromatic carboxylic acids is 1. The van der Waals surface area contributed by atoms with Crippen LogP contribution in [-0.2, 0) is 0 Å². The Morgan fingerprint density at radius 1 is 0.450 bits per heavy atom. The lowest BCUT2D eigenvalue weighted by atomic mass is 9.78. The summed E-state index contributed by atoms with van der Waals surface area (Å²) in [4.78, 5) is 40.4. The highest BCUT2D eigenvalue weighted by atomic mass is 16.4. The first kappa shape index (κ1) is 22.2. The van der Waals surface area contributed by atoms with Gasteiger partial charge in [-0.05, 0) is 30.0 Å². The largest absolute Gasteiger partial charge is 0.507 e. The Bertz CT molecular complexity index is 2620. The molecule has 7 N–H and O–H groups in total. The van der Waals surface area contributed by atoms with Gasteiger partial charge in [-0.3, -0.25) is 9.59 Å². The molecule has 0 bridgehead atoms. The highest BCUT2D eigenvalue weighted by Crippen LogP contribution is 2.57. The lowest BCUT2D eigenvalue weighted by molar-refractivity contribution is 0.0698. The average molecular weight is 534 g/mol. The number of phenolic OH excluding ortho intramolecular Hbond substituents is 6. The van der Waals surface area contributed by atoms with E-state index in [2.05, 4.69) is 0 Å². The zero-order valence-electron chi connectivity index (χ0n) is 20.2. The van der Waals surface area contributed by atoms with Crippen molar-refractivity contribution >= 4 is 81.4 Å². The molecular weight excluding hydrogens is 520 g/mol. The summed E-state index contributed by atoms with van der Waals surface area (Å²) in [6, 6.07) is 4.01. The van der Waals surface area contributed by atoms with Gasteiger partial charge in [0.25, 0.3) is 0 Å². The molecule has 8 aromatic carbocycles. The van der Waals surface area contributed by atoms with Gasteiger partial charge >= 0.3 is 5.97 Å². The van der Waals surface area contributed by atoms with Crippen molar-refractivity contribution in [2.24, 2.45) is 0 Å². The summed E-state index contributed by atoms with van der Waals surface area (Å²) in [5, 5.41) is 75.3. The SMILES string of the molecule is Cc1cc(O)c2c(=O)c3c(O)cc(O)c4c5c(O)cc(O)c6c(=O)c7c(O)cc(C(=O)O)c8c1c2c(c34)c(c65)c78. The number of carboxylic acids is 1. The van der Waals surface area contributed by atoms with Crippen LogP contribution in [0.2, 0.25) is 0 Å². The predicted molar refractivity (Wildman–Crippen MR) is 148 cm³/mol. The molecule has 0 aliphatic carbocycles. The molecule has 0 unspecified atom stereocenters. The fraction of sp³-hybridized carbons (Fsp3) is 0.0333. The van der Waals surface area contributed by atoms with Crippen LogP contribution in [0, 0.1) is 6.92 Å². The molecule has 10 heteroatoms. The fourth-order valence-electron chi connectivity index (χ4n) is 6.95. The van der Waals surface area contributed by atoms with Gasteiger partial charge in [0.2, 0.25) is 10.9 Å². The number of carbonyl (C=O) groups is 1. The van der Waals surface area contributed by atoms with Crippen molar-refractivity contribution in [1.82, 2.24) is 0 Å². The number of carboxylic acid groups (broad SMARTS) is 1. The van der Waals surface area contributed by atoms with E-state index in [9.17, 15) is 50.1 Å². The summed E-state index contributed by atoms with van der Waals surface area (Å²) in [6.07, 6.45) is 0. The molecule has 0 saturated carbocycles. The average Bonchev–Trinajstić information content (AvgIpc) is 2.86. The van der Waals surface area contributed by atoms with Crippen LogP contribution in [0.3, 0.4) is 0 Å². The second-order valence-electron chi connectivity index (χ2n) is 10.2. The zero-order chi connectivity index (χ0) is 28.3. The Labute approximate surface area is 219 Å². The Morgan fingerprint density at radius 2 is 0.775 bits per heavy atom. The molecule has 0 spiro atoms. The quantitative estimate of drug-likeness (QED) is 0.117. The second kappa shape index (κ2) is 6.44. The van der Waals surface area contributed by atoms with Crippen molar-refractivity contribution in [3.63, 3.8) is 0 Å². The molecule has 8 rings (SSSR count). The maximum Gasteiger partial charge on any atom is 0.336 e. The highest BCUT2D eigenvalue weighted by Gasteiger charge is 2.33. The summed E-state index contributed by atoms with van der Waals surface area (Å²) in [7, 11) is 0. The van der Waals surface area contributed by atoms with Gasteiger partial charge in [0, 0.05) is 60.6 Å². The Morgan fingerprint density at radius 3 is 1.23 bits per heavy atom. The first-order chi connectivity index (χ1) is 19.0. The van der Waals surface area contributed by atoms with E-state index in [1.165, 1.54) is 6.07 Å². The van der Waals surface area contributed by atoms with Crippen molar-refractivity contribution in [3.05, 3.63) is 55.8 Å². The molecule has 0 fully saturated rings. The monoisotopic (exact) mass is 534 g/mol. The summed E-state index contributed by atoms with van der Waals surface area (Å²) in [5.41, 5.74) is -1.69. The fourth-order valence-corrected chi connectivity index (χ4v) is 6.95. The Kier molecular flexibility index (Phi) is 3.58. The van der Waals surface area contributed by atoms with E-state index in [4.69, 9.17) is 0 Å². The smallest absolute Gasteiger partial charge is 0.336 e. The first-order valence-corrected chi connectivity index (χ1v) is 12.0. The van der Waals surface area contributed by atoms with Gasteiger partial charge in [-0.15, -0.1) is 0 Å². The van der Waals surface area contributed by atoms with Gasteiger partial charge in [-0.25, -0.2) is 4.79 Å². The van der Waals surface area contributed by atoms with Crippen LogP contribution in [0.5, 0.6) is 34.5 Å². The minimum Gasteiger partial charge on any atom is -0.507 e. The molecule has 40 heavy (non-hydrogen) atoms. The maximum atomic E-state index is 13.9. The normalized spacial score (nSPS) is 12.6. The van der Waals surface area contributed by atoms with Crippen molar-refractivity contribution in [2.45, 2.75) is 6.92 Å². The molecule has 0 heterocycles. The molecule has 0 aromatic heterocycles. The molecule has 0 saturated heterocycles. The second-order valence-corrected chi connectivity index (χ2v) is 10.2. The van der Waals surface area contributed by atoms with E-state index < -0.39 is 51.3 Å². The third-order valence-electron chi connectivity index (χ3n) is 8.27. The number of benzene rings is 8. The molecule has 194 valence electrons. The molecule has 0 aliphatic heterocycles. The minimum absolute atomic E-state index is 0.00172. The molecule has 0 radical (unpaired) electrons. The van der Waals surface area contributed by atoms with E-state index in [-0.39, 0.29) is 81.0 Å². The van der Waals surface area contributed by atoms with Crippen LogP contribution in [0.15, 0.2) is 33.9 Å². The molecule has 0 atom stereocenters. The third-order valence-corrected chi connectivity index (χ3v) is 8.27. The summed E-state index contributed by atoms with van der Waals surface area (Å²) in [6.45, 7) is 1.58. The van der Waals surface area contributed by atoms with Gasteiger partial charge in [-0.2, -0.15) is 0 Å². The number of hydrogen-bond acceptors (Lipinski definition) is 9. The third kappa shape index (κ3) is 2.10. The number of aryl methyl sites for hydroxylation is 1. The van der Waals surface area contributed by atoms with Crippen molar-refractivity contribution < 1.29 is 40.5 Å². The van der Waals surface area contributed by atoms with Crippen molar-refractivity contribution in [1.29, 1.82) is 0 Å². The van der Waals surface area contributed by atoms with Crippen LogP contribution >= 0.6 is 0 Å². The molecule has 8 aromatic rings. The van der Waals surface area contributed by atoms with Crippen LogP contribution in [0.1, 0.15) is 15.9 Å². The van der Waals surface area contributed by atoms with Crippen LogP contribution in [0.4, 0.5) is 0 Å². The summed E-state index contributed by atoms with van der Waals surface area (Å²) < 4.78 is 0. The van der Waals surface area contributed by atoms with Crippen LogP contribution in [0.25, 0.3) is 75.4 Å². The maximum absolute atomic E-state index is 13.9. The van der Waals surface area contributed by atoms with Gasteiger partial charge in [0.05, 0.1) is 27.1 Å². The van der Waals surface area contributed by atoms with Gasteiger partial charge < -0.3 is 35.7 Å². The van der Waals surface area contributed by atoms with Crippen LogP contribution in [-0.4, -0.2) is 41.7 Å². The number of phenols is 6. The van der Waals surface area contributed by atoms with Crippen LogP contribution < -0.4 is 10.9 Å². The van der Waals surface area contributed by atoms with Crippen molar-refractivity contribution in [3.8, 4) is 34.5 Å². The Balaban J connectivity index is 2.03. The zero-order valence-corrected chi connectivity index (χ0v) is 20.2.